The Morgan fingerprint density at radius 1 is 1.14 bits per heavy atom. The molecule has 7 heteroatoms. The van der Waals surface area contributed by atoms with Gasteiger partial charge in [-0.2, -0.15) is 0 Å². The number of benzene rings is 2. The number of para-hydroxylation sites is 1. The van der Waals surface area contributed by atoms with Gasteiger partial charge in [-0.15, -0.1) is 11.3 Å². The molecular weight excluding hydrogens is 386 g/mol. The van der Waals surface area contributed by atoms with Crippen LogP contribution in [0, 0.1) is 0 Å². The van der Waals surface area contributed by atoms with Crippen LogP contribution in [-0.2, 0) is 11.2 Å². The van der Waals surface area contributed by atoms with E-state index in [4.69, 9.17) is 9.47 Å². The minimum atomic E-state index is -0.105. The van der Waals surface area contributed by atoms with Gasteiger partial charge in [0.1, 0.15) is 18.1 Å². The van der Waals surface area contributed by atoms with Crippen LogP contribution in [-0.4, -0.2) is 50.1 Å². The first-order valence-corrected chi connectivity index (χ1v) is 10.2. The van der Waals surface area contributed by atoms with Gasteiger partial charge in [-0.25, -0.2) is 4.98 Å². The molecule has 29 heavy (non-hydrogen) atoms. The summed E-state index contributed by atoms with van der Waals surface area (Å²) in [5.74, 6) is 1.45. The number of nitrogens with zero attached hydrogens (tertiary/aromatic N) is 2. The maximum atomic E-state index is 12.3. The predicted molar refractivity (Wildman–Crippen MR) is 117 cm³/mol. The third-order valence-corrected chi connectivity index (χ3v) is 4.99. The van der Waals surface area contributed by atoms with Crippen molar-refractivity contribution >= 4 is 22.4 Å². The first-order valence-electron chi connectivity index (χ1n) is 9.30. The quantitative estimate of drug-likeness (QED) is 0.578. The Kier molecular flexibility index (Phi) is 7.21. The van der Waals surface area contributed by atoms with E-state index in [9.17, 15) is 4.79 Å². The molecule has 6 nitrogen and oxygen atoms in total. The molecule has 1 heterocycles. The number of thiazole rings is 1. The Labute approximate surface area is 175 Å². The zero-order chi connectivity index (χ0) is 20.6. The van der Waals surface area contributed by atoms with E-state index in [-0.39, 0.29) is 12.3 Å². The molecule has 0 aliphatic heterocycles. The van der Waals surface area contributed by atoms with Crippen LogP contribution in [0.15, 0.2) is 53.9 Å². The van der Waals surface area contributed by atoms with Gasteiger partial charge in [-0.3, -0.25) is 4.79 Å². The van der Waals surface area contributed by atoms with Crippen molar-refractivity contribution in [3.05, 3.63) is 59.5 Å². The zero-order valence-electron chi connectivity index (χ0n) is 16.8. The number of likely N-dealkylation sites (N-methyl/N-ethyl adjacent to an activating group) is 1. The predicted octanol–water partition coefficient (Wildman–Crippen LogP) is 3.94. The second kappa shape index (κ2) is 10.0. The Balaban J connectivity index is 1.63. The molecule has 3 aromatic rings. The van der Waals surface area contributed by atoms with E-state index in [1.54, 1.807) is 7.11 Å². The van der Waals surface area contributed by atoms with Gasteiger partial charge >= 0.3 is 0 Å². The van der Waals surface area contributed by atoms with Crippen LogP contribution >= 0.6 is 11.3 Å². The lowest BCUT2D eigenvalue weighted by Gasteiger charge is -2.13. The largest absolute Gasteiger partial charge is 0.497 e. The average molecular weight is 412 g/mol. The van der Waals surface area contributed by atoms with Crippen LogP contribution in [0.3, 0.4) is 0 Å². The standard InChI is InChI=1S/C22H25N3O3S/c1-25(2)12-13-28-20-7-5-4-6-18(20)19-15-29-22(23-19)24-21(26)14-16-8-10-17(27-3)11-9-16/h4-11,15H,12-14H2,1-3H3,(H,23,24,26). The third-order valence-electron chi connectivity index (χ3n) is 4.23. The van der Waals surface area contributed by atoms with Crippen molar-refractivity contribution in [3.63, 3.8) is 0 Å². The summed E-state index contributed by atoms with van der Waals surface area (Å²) in [6.07, 6.45) is 0.281. The summed E-state index contributed by atoms with van der Waals surface area (Å²) < 4.78 is 11.1. The molecule has 2 aromatic carbocycles. The second-order valence-corrected chi connectivity index (χ2v) is 7.62. The van der Waals surface area contributed by atoms with Gasteiger partial charge in [0.15, 0.2) is 5.13 Å². The summed E-state index contributed by atoms with van der Waals surface area (Å²) >= 11 is 1.40. The van der Waals surface area contributed by atoms with Crippen molar-refractivity contribution in [2.24, 2.45) is 0 Å². The molecule has 0 fully saturated rings. The first kappa shape index (κ1) is 20.8. The van der Waals surface area contributed by atoms with E-state index in [1.165, 1.54) is 11.3 Å². The van der Waals surface area contributed by atoms with Gasteiger partial charge in [-0.05, 0) is 43.9 Å². The Bertz CT molecular complexity index is 938. The number of hydrogen-bond acceptors (Lipinski definition) is 6. The highest BCUT2D eigenvalue weighted by Crippen LogP contribution is 2.32. The SMILES string of the molecule is COc1ccc(CC(=O)Nc2nc(-c3ccccc3OCCN(C)C)cs2)cc1. The van der Waals surface area contributed by atoms with Crippen molar-refractivity contribution < 1.29 is 14.3 Å². The van der Waals surface area contributed by atoms with Crippen molar-refractivity contribution in [2.75, 3.05) is 39.7 Å². The van der Waals surface area contributed by atoms with Crippen molar-refractivity contribution in [2.45, 2.75) is 6.42 Å². The minimum Gasteiger partial charge on any atom is -0.497 e. The highest BCUT2D eigenvalue weighted by molar-refractivity contribution is 7.14. The number of rotatable bonds is 9. The van der Waals surface area contributed by atoms with E-state index < -0.39 is 0 Å². The molecule has 3 rings (SSSR count). The molecule has 0 saturated carbocycles. The van der Waals surface area contributed by atoms with E-state index >= 15 is 0 Å². The molecule has 0 unspecified atom stereocenters. The number of nitrogens with one attached hydrogen (secondary N) is 1. The first-order chi connectivity index (χ1) is 14.0. The Morgan fingerprint density at radius 3 is 2.62 bits per heavy atom. The lowest BCUT2D eigenvalue weighted by molar-refractivity contribution is -0.115. The summed E-state index contributed by atoms with van der Waals surface area (Å²) in [7, 11) is 5.64. The van der Waals surface area contributed by atoms with E-state index in [1.807, 2.05) is 68.0 Å². The highest BCUT2D eigenvalue weighted by atomic mass is 32.1. The van der Waals surface area contributed by atoms with Gasteiger partial charge in [0.25, 0.3) is 0 Å². The number of hydrogen-bond donors (Lipinski definition) is 1. The van der Waals surface area contributed by atoms with Crippen molar-refractivity contribution in [1.82, 2.24) is 9.88 Å². The molecule has 1 N–H and O–H groups in total. The Morgan fingerprint density at radius 2 is 1.90 bits per heavy atom. The summed E-state index contributed by atoms with van der Waals surface area (Å²) in [6.45, 7) is 1.43. The molecule has 152 valence electrons. The van der Waals surface area contributed by atoms with Crippen LogP contribution in [0.4, 0.5) is 5.13 Å². The number of anilines is 1. The highest BCUT2D eigenvalue weighted by Gasteiger charge is 2.12. The van der Waals surface area contributed by atoms with Crippen LogP contribution in [0.25, 0.3) is 11.3 Å². The third kappa shape index (κ3) is 6.04. The normalized spacial score (nSPS) is 10.8. The van der Waals surface area contributed by atoms with E-state index in [0.29, 0.717) is 11.7 Å². The minimum absolute atomic E-state index is 0.105. The summed E-state index contributed by atoms with van der Waals surface area (Å²) in [5, 5.41) is 5.38. The molecule has 0 radical (unpaired) electrons. The summed E-state index contributed by atoms with van der Waals surface area (Å²) in [5.41, 5.74) is 2.62. The maximum absolute atomic E-state index is 12.3. The Hall–Kier alpha value is -2.90. The molecule has 0 atom stereocenters. The van der Waals surface area contributed by atoms with Crippen LogP contribution in [0.1, 0.15) is 5.56 Å². The van der Waals surface area contributed by atoms with Gasteiger partial charge in [0.05, 0.1) is 19.2 Å². The van der Waals surface area contributed by atoms with Crippen LogP contribution in [0.2, 0.25) is 0 Å². The summed E-state index contributed by atoms with van der Waals surface area (Å²) in [6, 6.07) is 15.3. The molecular formula is C22H25N3O3S. The fraction of sp³-hybridized carbons (Fsp3) is 0.273. The number of aromatic nitrogens is 1. The smallest absolute Gasteiger partial charge is 0.230 e. The second-order valence-electron chi connectivity index (χ2n) is 6.76. The fourth-order valence-corrected chi connectivity index (χ4v) is 3.42. The van der Waals surface area contributed by atoms with E-state index in [2.05, 4.69) is 15.2 Å². The number of ether oxygens (including phenoxy) is 2. The lowest BCUT2D eigenvalue weighted by atomic mass is 10.1. The molecule has 0 bridgehead atoms. The zero-order valence-corrected chi connectivity index (χ0v) is 17.7. The number of carbonyl (C=O) groups excluding carboxylic acids is 1. The van der Waals surface area contributed by atoms with Gasteiger partial charge in [0, 0.05) is 17.5 Å². The maximum Gasteiger partial charge on any atom is 0.230 e. The lowest BCUT2D eigenvalue weighted by Crippen LogP contribution is -2.19. The molecule has 0 aliphatic rings. The fourth-order valence-electron chi connectivity index (χ4n) is 2.69. The topological polar surface area (TPSA) is 63.7 Å². The molecule has 0 saturated heterocycles. The average Bonchev–Trinajstić information content (AvgIpc) is 3.16. The van der Waals surface area contributed by atoms with Gasteiger partial charge in [0.2, 0.25) is 5.91 Å². The number of carbonyl (C=O) groups is 1. The monoisotopic (exact) mass is 411 g/mol. The van der Waals surface area contributed by atoms with Crippen molar-refractivity contribution in [3.8, 4) is 22.8 Å². The van der Waals surface area contributed by atoms with Crippen molar-refractivity contribution in [1.29, 1.82) is 0 Å². The van der Waals surface area contributed by atoms with Gasteiger partial charge < -0.3 is 19.7 Å². The molecule has 0 aliphatic carbocycles. The summed E-state index contributed by atoms with van der Waals surface area (Å²) in [4.78, 5) is 19.0. The van der Waals surface area contributed by atoms with Crippen LogP contribution in [0.5, 0.6) is 11.5 Å². The van der Waals surface area contributed by atoms with Gasteiger partial charge in [-0.1, -0.05) is 24.3 Å². The number of amides is 1. The van der Waals surface area contributed by atoms with E-state index in [0.717, 1.165) is 34.9 Å². The van der Waals surface area contributed by atoms with Crippen LogP contribution < -0.4 is 14.8 Å². The molecule has 1 aromatic heterocycles. The molecule has 1 amide bonds. The molecule has 0 spiro atoms. The number of methoxy groups -OCH3 is 1.